The number of hydrogen-bond donors (Lipinski definition) is 1. The summed E-state index contributed by atoms with van der Waals surface area (Å²) in [6, 6.07) is 9.19. The molecule has 6 heteroatoms. The van der Waals surface area contributed by atoms with E-state index in [2.05, 4.69) is 13.8 Å². The topological polar surface area (TPSA) is 81.6 Å². The zero-order valence-corrected chi connectivity index (χ0v) is 15.6. The molecule has 1 aromatic carbocycles. The molecular weight excluding hydrogens is 330 g/mol. The van der Waals surface area contributed by atoms with Crippen molar-refractivity contribution in [2.75, 3.05) is 20.3 Å². The number of carbonyl (C=O) groups excluding carboxylic acids is 1. The molecule has 0 spiro atoms. The predicted octanol–water partition coefficient (Wildman–Crippen LogP) is 3.10. The molecule has 1 aliphatic rings. The fourth-order valence-electron chi connectivity index (χ4n) is 3.44. The third-order valence-electron chi connectivity index (χ3n) is 4.73. The van der Waals surface area contributed by atoms with Gasteiger partial charge in [0, 0.05) is 25.1 Å². The molecule has 140 valence electrons. The van der Waals surface area contributed by atoms with Gasteiger partial charge in [-0.1, -0.05) is 44.2 Å². The van der Waals surface area contributed by atoms with Gasteiger partial charge in [0.2, 0.25) is 11.8 Å². The number of oxazole rings is 1. The van der Waals surface area contributed by atoms with Crippen LogP contribution in [0.4, 0.5) is 0 Å². The lowest BCUT2D eigenvalue weighted by atomic mass is 10.0. The fraction of sp³-hybridized carbons (Fsp3) is 0.500. The molecule has 1 amide bonds. The SMILES string of the molecule is COCC(N)C(=O)N1CCCC1c1nc(-c2ccccc2)c(C(C)C)o1. The van der Waals surface area contributed by atoms with Crippen LogP contribution >= 0.6 is 0 Å². The highest BCUT2D eigenvalue weighted by atomic mass is 16.5. The lowest BCUT2D eigenvalue weighted by molar-refractivity contribution is -0.135. The van der Waals surface area contributed by atoms with E-state index in [1.807, 2.05) is 30.3 Å². The van der Waals surface area contributed by atoms with E-state index in [4.69, 9.17) is 19.9 Å². The Bertz CT molecular complexity index is 742. The fourth-order valence-corrected chi connectivity index (χ4v) is 3.44. The Morgan fingerprint density at radius 1 is 1.38 bits per heavy atom. The second kappa shape index (κ2) is 8.01. The number of hydrogen-bond acceptors (Lipinski definition) is 5. The molecule has 2 unspecified atom stereocenters. The Labute approximate surface area is 154 Å². The van der Waals surface area contributed by atoms with Gasteiger partial charge in [0.1, 0.15) is 23.5 Å². The first kappa shape index (κ1) is 18.6. The summed E-state index contributed by atoms with van der Waals surface area (Å²) in [5, 5.41) is 0. The summed E-state index contributed by atoms with van der Waals surface area (Å²) in [5.74, 6) is 1.54. The molecule has 3 rings (SSSR count). The van der Waals surface area contributed by atoms with Gasteiger partial charge in [-0.25, -0.2) is 4.98 Å². The van der Waals surface area contributed by atoms with Gasteiger partial charge >= 0.3 is 0 Å². The van der Waals surface area contributed by atoms with Crippen molar-refractivity contribution in [1.29, 1.82) is 0 Å². The number of aromatic nitrogens is 1. The van der Waals surface area contributed by atoms with Crippen molar-refractivity contribution in [2.24, 2.45) is 5.73 Å². The third-order valence-corrected chi connectivity index (χ3v) is 4.73. The van der Waals surface area contributed by atoms with Crippen molar-refractivity contribution in [2.45, 2.75) is 44.7 Å². The van der Waals surface area contributed by atoms with Crippen molar-refractivity contribution < 1.29 is 13.9 Å². The largest absolute Gasteiger partial charge is 0.442 e. The van der Waals surface area contributed by atoms with E-state index < -0.39 is 6.04 Å². The van der Waals surface area contributed by atoms with E-state index in [1.165, 1.54) is 0 Å². The van der Waals surface area contributed by atoms with E-state index in [1.54, 1.807) is 12.0 Å². The number of benzene rings is 1. The number of ether oxygens (including phenoxy) is 1. The van der Waals surface area contributed by atoms with Crippen molar-refractivity contribution in [1.82, 2.24) is 9.88 Å². The van der Waals surface area contributed by atoms with Crippen molar-refractivity contribution in [3.05, 3.63) is 42.0 Å². The summed E-state index contributed by atoms with van der Waals surface area (Å²) < 4.78 is 11.2. The highest BCUT2D eigenvalue weighted by Crippen LogP contribution is 2.37. The monoisotopic (exact) mass is 357 g/mol. The van der Waals surface area contributed by atoms with Gasteiger partial charge in [-0.3, -0.25) is 4.79 Å². The molecular formula is C20H27N3O3. The summed E-state index contributed by atoms with van der Waals surface area (Å²) in [5.41, 5.74) is 7.84. The van der Waals surface area contributed by atoms with Gasteiger partial charge in [-0.05, 0) is 12.8 Å². The lowest BCUT2D eigenvalue weighted by Crippen LogP contribution is -2.45. The van der Waals surface area contributed by atoms with Crippen LogP contribution in [0, 0.1) is 0 Å². The lowest BCUT2D eigenvalue weighted by Gasteiger charge is -2.25. The van der Waals surface area contributed by atoms with Crippen LogP contribution in [0.3, 0.4) is 0 Å². The molecule has 1 fully saturated rings. The highest BCUT2D eigenvalue weighted by molar-refractivity contribution is 5.82. The average molecular weight is 357 g/mol. The van der Waals surface area contributed by atoms with Gasteiger partial charge < -0.3 is 19.8 Å². The molecule has 0 saturated carbocycles. The molecule has 26 heavy (non-hydrogen) atoms. The van der Waals surface area contributed by atoms with Gasteiger partial charge in [0.15, 0.2) is 0 Å². The minimum absolute atomic E-state index is 0.111. The predicted molar refractivity (Wildman–Crippen MR) is 99.6 cm³/mol. The number of carbonyl (C=O) groups is 1. The number of likely N-dealkylation sites (tertiary alicyclic amines) is 1. The van der Waals surface area contributed by atoms with E-state index >= 15 is 0 Å². The van der Waals surface area contributed by atoms with E-state index in [-0.39, 0.29) is 24.5 Å². The van der Waals surface area contributed by atoms with E-state index in [9.17, 15) is 4.79 Å². The minimum Gasteiger partial charge on any atom is -0.442 e. The number of nitrogens with zero attached hydrogens (tertiary/aromatic N) is 2. The first-order chi connectivity index (χ1) is 12.5. The summed E-state index contributed by atoms with van der Waals surface area (Å²) in [4.78, 5) is 19.2. The van der Waals surface area contributed by atoms with E-state index in [0.717, 1.165) is 29.9 Å². The number of nitrogens with two attached hydrogens (primary N) is 1. The molecule has 2 atom stereocenters. The maximum atomic E-state index is 12.7. The quantitative estimate of drug-likeness (QED) is 0.859. The Balaban J connectivity index is 1.92. The van der Waals surface area contributed by atoms with Crippen molar-refractivity contribution in [3.63, 3.8) is 0 Å². The highest BCUT2D eigenvalue weighted by Gasteiger charge is 2.36. The van der Waals surface area contributed by atoms with Crippen LogP contribution in [-0.2, 0) is 9.53 Å². The maximum Gasteiger partial charge on any atom is 0.242 e. The Hall–Kier alpha value is -2.18. The molecule has 0 radical (unpaired) electrons. The first-order valence-corrected chi connectivity index (χ1v) is 9.14. The van der Waals surface area contributed by atoms with Crippen LogP contribution in [-0.4, -0.2) is 42.1 Å². The molecule has 2 aromatic rings. The van der Waals surface area contributed by atoms with Gasteiger partial charge in [-0.2, -0.15) is 0 Å². The molecule has 0 bridgehead atoms. The van der Waals surface area contributed by atoms with Gasteiger partial charge in [-0.15, -0.1) is 0 Å². The van der Waals surface area contributed by atoms with Gasteiger partial charge in [0.25, 0.3) is 0 Å². The second-order valence-electron chi connectivity index (χ2n) is 7.04. The molecule has 1 saturated heterocycles. The summed E-state index contributed by atoms with van der Waals surface area (Å²) in [7, 11) is 1.55. The smallest absolute Gasteiger partial charge is 0.242 e. The first-order valence-electron chi connectivity index (χ1n) is 9.14. The van der Waals surface area contributed by atoms with Crippen molar-refractivity contribution in [3.8, 4) is 11.3 Å². The average Bonchev–Trinajstić information content (AvgIpc) is 3.29. The Kier molecular flexibility index (Phi) is 5.74. The second-order valence-corrected chi connectivity index (χ2v) is 7.04. The normalized spacial score (nSPS) is 18.5. The zero-order chi connectivity index (χ0) is 18.7. The molecule has 1 aromatic heterocycles. The summed E-state index contributed by atoms with van der Waals surface area (Å²) >= 11 is 0. The standard InChI is InChI=1S/C20H27N3O3/c1-13(2)18-17(14-8-5-4-6-9-14)22-19(26-18)16-10-7-11-23(16)20(24)15(21)12-25-3/h4-6,8-9,13,15-16H,7,10-12,21H2,1-3H3. The van der Waals surface area contributed by atoms with Crippen LogP contribution < -0.4 is 5.73 Å². The van der Waals surface area contributed by atoms with Crippen LogP contribution in [0.25, 0.3) is 11.3 Å². The summed E-state index contributed by atoms with van der Waals surface area (Å²) in [6.07, 6.45) is 1.74. The Morgan fingerprint density at radius 2 is 2.12 bits per heavy atom. The number of methoxy groups -OCH3 is 1. The Morgan fingerprint density at radius 3 is 2.77 bits per heavy atom. The van der Waals surface area contributed by atoms with Crippen LogP contribution in [0.1, 0.15) is 50.3 Å². The van der Waals surface area contributed by atoms with Crippen LogP contribution in [0.15, 0.2) is 34.7 Å². The number of rotatable bonds is 6. The summed E-state index contributed by atoms with van der Waals surface area (Å²) in [6.45, 7) is 5.05. The molecule has 2 heterocycles. The van der Waals surface area contributed by atoms with Crippen molar-refractivity contribution >= 4 is 5.91 Å². The molecule has 0 aliphatic carbocycles. The molecule has 6 nitrogen and oxygen atoms in total. The van der Waals surface area contributed by atoms with Crippen LogP contribution in [0.5, 0.6) is 0 Å². The number of amides is 1. The van der Waals surface area contributed by atoms with Crippen LogP contribution in [0.2, 0.25) is 0 Å². The van der Waals surface area contributed by atoms with E-state index in [0.29, 0.717) is 12.4 Å². The maximum absolute atomic E-state index is 12.7. The molecule has 1 aliphatic heterocycles. The zero-order valence-electron chi connectivity index (χ0n) is 15.6. The third kappa shape index (κ3) is 3.66. The molecule has 2 N–H and O–H groups in total. The van der Waals surface area contributed by atoms with Gasteiger partial charge in [0.05, 0.1) is 6.61 Å². The minimum atomic E-state index is -0.659.